The molecule has 36 heavy (non-hydrogen) atoms. The van der Waals surface area contributed by atoms with Crippen molar-refractivity contribution < 1.29 is 16.8 Å². The molecule has 0 bridgehead atoms. The first-order chi connectivity index (χ1) is 17.2. The SMILES string of the molecule is Cc1ccc(S(=O)(=O)NN=C2[C@H]3CC[C@H]4C(=NNS(=O)(=O)c5ccc(C)cc5)[C@H]5CC[C@@H]2C5C34)cc1. The van der Waals surface area contributed by atoms with E-state index >= 15 is 0 Å². The lowest BCUT2D eigenvalue weighted by atomic mass is 9.90. The predicted molar refractivity (Wildman–Crippen MR) is 137 cm³/mol. The minimum Gasteiger partial charge on any atom is -0.200 e. The van der Waals surface area contributed by atoms with Crippen LogP contribution in [0.25, 0.3) is 0 Å². The molecule has 4 aliphatic rings. The van der Waals surface area contributed by atoms with E-state index in [0.717, 1.165) is 48.2 Å². The molecule has 190 valence electrons. The van der Waals surface area contributed by atoms with Crippen LogP contribution in [0.5, 0.6) is 0 Å². The summed E-state index contributed by atoms with van der Waals surface area (Å²) in [6.45, 7) is 3.83. The van der Waals surface area contributed by atoms with Gasteiger partial charge in [-0.05, 0) is 75.6 Å². The second kappa shape index (κ2) is 8.41. The second-order valence-electron chi connectivity index (χ2n) is 10.6. The highest BCUT2D eigenvalue weighted by Gasteiger charge is 2.65. The van der Waals surface area contributed by atoms with Crippen LogP contribution in [0.3, 0.4) is 0 Å². The molecule has 10 heteroatoms. The molecule has 0 spiro atoms. The highest BCUT2D eigenvalue weighted by atomic mass is 32.2. The zero-order chi connectivity index (χ0) is 25.2. The quantitative estimate of drug-likeness (QED) is 0.560. The maximum atomic E-state index is 12.8. The molecule has 0 amide bonds. The molecule has 0 aliphatic heterocycles. The average Bonchev–Trinajstić information content (AvgIpc) is 3.57. The Labute approximate surface area is 212 Å². The van der Waals surface area contributed by atoms with E-state index in [0.29, 0.717) is 11.8 Å². The number of rotatable bonds is 6. The summed E-state index contributed by atoms with van der Waals surface area (Å²) in [5, 5.41) is 9.04. The minimum absolute atomic E-state index is 0.208. The van der Waals surface area contributed by atoms with E-state index in [9.17, 15) is 16.8 Å². The topological polar surface area (TPSA) is 117 Å². The molecule has 8 nitrogen and oxygen atoms in total. The number of hydrogen-bond acceptors (Lipinski definition) is 6. The summed E-state index contributed by atoms with van der Waals surface area (Å²) >= 11 is 0. The van der Waals surface area contributed by atoms with Crippen molar-refractivity contribution >= 4 is 31.5 Å². The van der Waals surface area contributed by atoms with Crippen LogP contribution in [-0.2, 0) is 20.0 Å². The standard InChI is InChI=1S/C26H30N4O4S2/c1-15-3-7-17(8-4-15)35(31,32)29-27-25-19-11-13-21-23(19)24-20(25)12-14-22(24)26(21)28-30-36(33,34)18-9-5-16(2)6-10-18/h3-10,19-24,29-30H,11-14H2,1-2H3/t19-,20+,21+,22-,23?,24?. The Balaban J connectivity index is 1.23. The zero-order valence-corrected chi connectivity index (χ0v) is 21.9. The van der Waals surface area contributed by atoms with E-state index in [1.807, 2.05) is 13.8 Å². The monoisotopic (exact) mass is 526 g/mol. The second-order valence-corrected chi connectivity index (χ2v) is 13.9. The molecule has 0 saturated heterocycles. The summed E-state index contributed by atoms with van der Waals surface area (Å²) in [7, 11) is -7.45. The summed E-state index contributed by atoms with van der Waals surface area (Å²) in [5.41, 5.74) is 3.95. The van der Waals surface area contributed by atoms with E-state index in [1.54, 1.807) is 48.5 Å². The molecule has 2 aromatic carbocycles. The van der Waals surface area contributed by atoms with Gasteiger partial charge in [-0.1, -0.05) is 35.4 Å². The lowest BCUT2D eigenvalue weighted by Crippen LogP contribution is -2.26. The molecule has 0 heterocycles. The smallest absolute Gasteiger partial charge is 0.200 e. The fraction of sp³-hybridized carbons (Fsp3) is 0.462. The molecule has 2 unspecified atom stereocenters. The van der Waals surface area contributed by atoms with Gasteiger partial charge in [0.2, 0.25) is 0 Å². The van der Waals surface area contributed by atoms with E-state index in [1.165, 1.54) is 0 Å². The summed E-state index contributed by atoms with van der Waals surface area (Å²) in [5.74, 6) is 1.58. The maximum absolute atomic E-state index is 12.8. The number of hydrogen-bond donors (Lipinski definition) is 2. The third-order valence-corrected chi connectivity index (χ3v) is 11.1. The number of aryl methyl sites for hydroxylation is 2. The van der Waals surface area contributed by atoms with E-state index < -0.39 is 20.0 Å². The number of benzene rings is 2. The van der Waals surface area contributed by atoms with Crippen molar-refractivity contribution in [1.29, 1.82) is 0 Å². The van der Waals surface area contributed by atoms with Crippen molar-refractivity contribution in [3.8, 4) is 0 Å². The Morgan fingerprint density at radius 2 is 0.889 bits per heavy atom. The molecule has 6 rings (SSSR count). The van der Waals surface area contributed by atoms with Crippen molar-refractivity contribution in [3.63, 3.8) is 0 Å². The van der Waals surface area contributed by atoms with Gasteiger partial charge in [0.05, 0.1) is 9.79 Å². The Morgan fingerprint density at radius 3 is 1.19 bits per heavy atom. The lowest BCUT2D eigenvalue weighted by Gasteiger charge is -2.14. The Hall–Kier alpha value is -2.72. The van der Waals surface area contributed by atoms with Gasteiger partial charge in [-0.2, -0.15) is 27.0 Å². The Bertz CT molecular complexity index is 1320. The van der Waals surface area contributed by atoms with Gasteiger partial charge in [0.15, 0.2) is 0 Å². The Kier molecular flexibility index (Phi) is 5.53. The Morgan fingerprint density at radius 1 is 0.583 bits per heavy atom. The highest BCUT2D eigenvalue weighted by molar-refractivity contribution is 7.89. The van der Waals surface area contributed by atoms with Crippen molar-refractivity contribution in [2.24, 2.45) is 45.7 Å². The first kappa shape index (κ1) is 23.7. The maximum Gasteiger partial charge on any atom is 0.276 e. The number of nitrogens with one attached hydrogen (secondary N) is 2. The molecule has 2 aromatic rings. The first-order valence-electron chi connectivity index (χ1n) is 12.5. The van der Waals surface area contributed by atoms with Crippen LogP contribution in [0, 0.1) is 49.4 Å². The third kappa shape index (κ3) is 3.76. The van der Waals surface area contributed by atoms with Crippen LogP contribution in [0.4, 0.5) is 0 Å². The largest absolute Gasteiger partial charge is 0.276 e. The summed E-state index contributed by atoms with van der Waals surface area (Å²) in [4.78, 5) is 5.43. The predicted octanol–water partition coefficient (Wildman–Crippen LogP) is 3.58. The van der Waals surface area contributed by atoms with Gasteiger partial charge in [-0.15, -0.1) is 0 Å². The first-order valence-corrected chi connectivity index (χ1v) is 15.4. The van der Waals surface area contributed by atoms with Crippen molar-refractivity contribution in [1.82, 2.24) is 9.66 Å². The molecule has 2 N–H and O–H groups in total. The van der Waals surface area contributed by atoms with Gasteiger partial charge >= 0.3 is 0 Å². The van der Waals surface area contributed by atoms with Crippen LogP contribution in [-0.4, -0.2) is 28.3 Å². The molecule has 4 fully saturated rings. The van der Waals surface area contributed by atoms with Crippen molar-refractivity contribution in [3.05, 3.63) is 59.7 Å². The van der Waals surface area contributed by atoms with E-state index in [4.69, 9.17) is 0 Å². The van der Waals surface area contributed by atoms with Gasteiger partial charge in [0, 0.05) is 35.1 Å². The number of sulfonamides is 2. The lowest BCUT2D eigenvalue weighted by molar-refractivity contribution is 0.322. The summed E-state index contributed by atoms with van der Waals surface area (Å²) < 4.78 is 51.3. The van der Waals surface area contributed by atoms with Gasteiger partial charge in [-0.3, -0.25) is 0 Å². The van der Waals surface area contributed by atoms with Crippen LogP contribution < -0.4 is 9.66 Å². The van der Waals surface area contributed by atoms with Gasteiger partial charge < -0.3 is 0 Å². The van der Waals surface area contributed by atoms with Gasteiger partial charge in [0.1, 0.15) is 0 Å². The van der Waals surface area contributed by atoms with Gasteiger partial charge in [-0.25, -0.2) is 9.66 Å². The molecular formula is C26H30N4O4S2. The minimum atomic E-state index is -3.73. The number of hydrazone groups is 2. The highest BCUT2D eigenvalue weighted by Crippen LogP contribution is 2.65. The van der Waals surface area contributed by atoms with E-state index in [2.05, 4.69) is 19.9 Å². The van der Waals surface area contributed by atoms with Crippen LogP contribution in [0.2, 0.25) is 0 Å². The average molecular weight is 527 g/mol. The third-order valence-electron chi connectivity index (χ3n) is 8.65. The fourth-order valence-corrected chi connectivity index (χ4v) is 8.80. The number of nitrogens with zero attached hydrogens (tertiary/aromatic N) is 2. The molecule has 4 saturated carbocycles. The zero-order valence-electron chi connectivity index (χ0n) is 20.3. The summed E-state index contributed by atoms with van der Waals surface area (Å²) in [6, 6.07) is 13.5. The van der Waals surface area contributed by atoms with Crippen LogP contribution in [0.1, 0.15) is 36.8 Å². The fourth-order valence-electron chi connectivity index (χ4n) is 7.15. The molecule has 0 aromatic heterocycles. The van der Waals surface area contributed by atoms with Crippen molar-refractivity contribution in [2.45, 2.75) is 49.3 Å². The van der Waals surface area contributed by atoms with Crippen LogP contribution >= 0.6 is 0 Å². The van der Waals surface area contributed by atoms with Crippen molar-refractivity contribution in [2.75, 3.05) is 0 Å². The molecular weight excluding hydrogens is 496 g/mol. The molecule has 4 aliphatic carbocycles. The summed E-state index contributed by atoms with van der Waals surface area (Å²) in [6.07, 6.45) is 3.68. The van der Waals surface area contributed by atoms with E-state index in [-0.39, 0.29) is 33.5 Å². The molecule has 6 atom stereocenters. The normalized spacial score (nSPS) is 32.8. The van der Waals surface area contributed by atoms with Crippen LogP contribution in [0.15, 0.2) is 68.5 Å². The molecule has 0 radical (unpaired) electrons. The van der Waals surface area contributed by atoms with Gasteiger partial charge in [0.25, 0.3) is 20.0 Å².